The molecule has 0 radical (unpaired) electrons. The maximum absolute atomic E-state index is 13.6. The third-order valence-electron chi connectivity index (χ3n) is 4.04. The second-order valence-corrected chi connectivity index (χ2v) is 5.98. The van der Waals surface area contributed by atoms with Gasteiger partial charge in [-0.2, -0.15) is 0 Å². The Morgan fingerprint density at radius 3 is 2.58 bits per heavy atom. The van der Waals surface area contributed by atoms with E-state index >= 15 is 0 Å². The highest BCUT2D eigenvalue weighted by molar-refractivity contribution is 6.31. The number of aryl methyl sites for hydroxylation is 1. The second-order valence-electron chi connectivity index (χ2n) is 5.57. The van der Waals surface area contributed by atoms with Crippen LogP contribution in [0.5, 0.6) is 0 Å². The zero-order valence-corrected chi connectivity index (χ0v) is 12.3. The average molecular weight is 286 g/mol. The van der Waals surface area contributed by atoms with Crippen LogP contribution in [0.15, 0.2) is 12.1 Å². The van der Waals surface area contributed by atoms with Gasteiger partial charge in [0.1, 0.15) is 5.82 Å². The summed E-state index contributed by atoms with van der Waals surface area (Å²) < 4.78 is 13.6. The van der Waals surface area contributed by atoms with E-state index in [2.05, 4.69) is 4.90 Å². The van der Waals surface area contributed by atoms with E-state index in [4.69, 9.17) is 11.6 Å². The molecule has 0 aliphatic heterocycles. The van der Waals surface area contributed by atoms with Gasteiger partial charge in [-0.3, -0.25) is 4.90 Å². The molecule has 1 aromatic rings. The zero-order chi connectivity index (χ0) is 14.0. The lowest BCUT2D eigenvalue weighted by Gasteiger charge is -2.33. The molecule has 0 spiro atoms. The fraction of sp³-hybridized carbons (Fsp3) is 0.600. The van der Waals surface area contributed by atoms with E-state index < -0.39 is 0 Å². The Bertz CT molecular complexity index is 444. The van der Waals surface area contributed by atoms with Gasteiger partial charge in [0.2, 0.25) is 0 Å². The molecule has 1 aromatic carbocycles. The van der Waals surface area contributed by atoms with Gasteiger partial charge in [-0.05, 0) is 62.9 Å². The normalized spacial score (nSPS) is 23.9. The van der Waals surface area contributed by atoms with Gasteiger partial charge >= 0.3 is 0 Å². The Morgan fingerprint density at radius 2 is 1.95 bits per heavy atom. The van der Waals surface area contributed by atoms with E-state index in [0.29, 0.717) is 23.2 Å². The van der Waals surface area contributed by atoms with Crippen molar-refractivity contribution in [2.75, 3.05) is 7.05 Å². The molecule has 0 atom stereocenters. The van der Waals surface area contributed by atoms with E-state index in [0.717, 1.165) is 31.2 Å². The lowest BCUT2D eigenvalue weighted by molar-refractivity contribution is 0.0818. The fourth-order valence-corrected chi connectivity index (χ4v) is 2.98. The number of nitrogens with zero attached hydrogens (tertiary/aromatic N) is 1. The number of aliphatic hydroxyl groups excluding tert-OH is 1. The average Bonchev–Trinajstić information content (AvgIpc) is 2.36. The van der Waals surface area contributed by atoms with Gasteiger partial charge in [-0.15, -0.1) is 0 Å². The van der Waals surface area contributed by atoms with Crippen LogP contribution in [0.2, 0.25) is 5.02 Å². The quantitative estimate of drug-likeness (QED) is 0.918. The zero-order valence-electron chi connectivity index (χ0n) is 11.5. The van der Waals surface area contributed by atoms with Crippen LogP contribution < -0.4 is 0 Å². The first-order valence-electron chi connectivity index (χ1n) is 6.80. The first kappa shape index (κ1) is 14.8. The highest BCUT2D eigenvalue weighted by Gasteiger charge is 2.23. The molecule has 0 heterocycles. The molecular formula is C15H21ClFNO. The van der Waals surface area contributed by atoms with Gasteiger partial charge in [0.25, 0.3) is 0 Å². The van der Waals surface area contributed by atoms with Crippen LogP contribution >= 0.6 is 11.6 Å². The molecule has 0 bridgehead atoms. The molecule has 4 heteroatoms. The molecule has 0 aromatic heterocycles. The molecule has 1 saturated carbocycles. The van der Waals surface area contributed by atoms with E-state index in [1.807, 2.05) is 7.05 Å². The minimum atomic E-state index is -0.202. The van der Waals surface area contributed by atoms with Crippen molar-refractivity contribution in [2.45, 2.75) is 51.3 Å². The monoisotopic (exact) mass is 285 g/mol. The second kappa shape index (κ2) is 6.21. The predicted octanol–water partition coefficient (Wildman–Crippen LogP) is 3.52. The van der Waals surface area contributed by atoms with Crippen molar-refractivity contribution in [3.63, 3.8) is 0 Å². The van der Waals surface area contributed by atoms with Crippen molar-refractivity contribution in [1.29, 1.82) is 0 Å². The van der Waals surface area contributed by atoms with Crippen LogP contribution in [0.25, 0.3) is 0 Å². The van der Waals surface area contributed by atoms with E-state index in [1.54, 1.807) is 13.0 Å². The largest absolute Gasteiger partial charge is 0.393 e. The molecule has 1 aliphatic carbocycles. The standard InChI is InChI=1S/C15H21ClFNO/c1-10-7-14(16)11(8-15(10)17)9-18(2)12-3-5-13(19)6-4-12/h7-8,12-13,19H,3-6,9H2,1-2H3. The van der Waals surface area contributed by atoms with Crippen LogP contribution in [-0.4, -0.2) is 29.2 Å². The highest BCUT2D eigenvalue weighted by atomic mass is 35.5. The van der Waals surface area contributed by atoms with Crippen LogP contribution in [0.4, 0.5) is 4.39 Å². The molecule has 1 N–H and O–H groups in total. The predicted molar refractivity (Wildman–Crippen MR) is 75.9 cm³/mol. The third-order valence-corrected chi connectivity index (χ3v) is 4.39. The SMILES string of the molecule is Cc1cc(Cl)c(CN(C)C2CCC(O)CC2)cc1F. The van der Waals surface area contributed by atoms with Gasteiger partial charge in [0.05, 0.1) is 6.10 Å². The molecule has 0 unspecified atom stereocenters. The summed E-state index contributed by atoms with van der Waals surface area (Å²) in [5, 5.41) is 10.1. The van der Waals surface area contributed by atoms with Gasteiger partial charge < -0.3 is 5.11 Å². The molecular weight excluding hydrogens is 265 g/mol. The summed E-state index contributed by atoms with van der Waals surface area (Å²) in [5.74, 6) is -0.202. The van der Waals surface area contributed by atoms with Crippen molar-refractivity contribution < 1.29 is 9.50 Å². The topological polar surface area (TPSA) is 23.5 Å². The number of hydrogen-bond donors (Lipinski definition) is 1. The van der Waals surface area contributed by atoms with Gasteiger partial charge in [-0.25, -0.2) is 4.39 Å². The Labute approximate surface area is 119 Å². The van der Waals surface area contributed by atoms with Crippen LogP contribution in [0.3, 0.4) is 0 Å². The van der Waals surface area contributed by atoms with Crippen LogP contribution in [0, 0.1) is 12.7 Å². The van der Waals surface area contributed by atoms with Crippen molar-refractivity contribution >= 4 is 11.6 Å². The van der Waals surface area contributed by atoms with Gasteiger partial charge in [0.15, 0.2) is 0 Å². The Kier molecular flexibility index (Phi) is 4.82. The fourth-order valence-electron chi connectivity index (χ4n) is 2.71. The Hall–Kier alpha value is -0.640. The smallest absolute Gasteiger partial charge is 0.126 e. The highest BCUT2D eigenvalue weighted by Crippen LogP contribution is 2.26. The van der Waals surface area contributed by atoms with Gasteiger partial charge in [0, 0.05) is 17.6 Å². The minimum Gasteiger partial charge on any atom is -0.393 e. The summed E-state index contributed by atoms with van der Waals surface area (Å²) >= 11 is 6.17. The number of rotatable bonds is 3. The summed E-state index contributed by atoms with van der Waals surface area (Å²) in [7, 11) is 2.04. The molecule has 0 amide bonds. The van der Waals surface area contributed by atoms with Crippen molar-refractivity contribution in [3.05, 3.63) is 34.1 Å². The van der Waals surface area contributed by atoms with E-state index in [1.165, 1.54) is 6.07 Å². The molecule has 106 valence electrons. The van der Waals surface area contributed by atoms with E-state index in [-0.39, 0.29) is 11.9 Å². The van der Waals surface area contributed by atoms with Crippen LogP contribution in [0.1, 0.15) is 36.8 Å². The Morgan fingerprint density at radius 1 is 1.32 bits per heavy atom. The molecule has 2 nitrogen and oxygen atoms in total. The molecule has 1 aliphatic rings. The van der Waals surface area contributed by atoms with Crippen molar-refractivity contribution in [1.82, 2.24) is 4.90 Å². The summed E-state index contributed by atoms with van der Waals surface area (Å²) in [6.07, 6.45) is 3.54. The summed E-state index contributed by atoms with van der Waals surface area (Å²) in [6, 6.07) is 3.67. The number of aliphatic hydroxyl groups is 1. The summed E-state index contributed by atoms with van der Waals surface area (Å²) in [5.41, 5.74) is 1.41. The molecule has 1 fully saturated rings. The summed E-state index contributed by atoms with van der Waals surface area (Å²) in [6.45, 7) is 2.37. The van der Waals surface area contributed by atoms with Gasteiger partial charge in [-0.1, -0.05) is 11.6 Å². The molecule has 0 saturated heterocycles. The van der Waals surface area contributed by atoms with E-state index in [9.17, 15) is 9.50 Å². The lowest BCUT2D eigenvalue weighted by atomic mass is 9.92. The number of benzene rings is 1. The summed E-state index contributed by atoms with van der Waals surface area (Å²) in [4.78, 5) is 2.21. The minimum absolute atomic E-state index is 0.148. The van der Waals surface area contributed by atoms with Crippen molar-refractivity contribution in [2.24, 2.45) is 0 Å². The lowest BCUT2D eigenvalue weighted by Crippen LogP contribution is -2.36. The van der Waals surface area contributed by atoms with Crippen LogP contribution in [-0.2, 0) is 6.54 Å². The molecule has 19 heavy (non-hydrogen) atoms. The number of hydrogen-bond acceptors (Lipinski definition) is 2. The maximum Gasteiger partial charge on any atom is 0.126 e. The first-order chi connectivity index (χ1) is 8.97. The number of halogens is 2. The maximum atomic E-state index is 13.6. The first-order valence-corrected chi connectivity index (χ1v) is 7.18. The third kappa shape index (κ3) is 3.68. The Balaban J connectivity index is 2.02. The van der Waals surface area contributed by atoms with Crippen molar-refractivity contribution in [3.8, 4) is 0 Å². The molecule has 2 rings (SSSR count).